The number of carboxylic acids is 1. The van der Waals surface area contributed by atoms with Crippen molar-refractivity contribution in [1.82, 2.24) is 15.0 Å². The van der Waals surface area contributed by atoms with Gasteiger partial charge in [-0.15, -0.1) is 5.10 Å². The van der Waals surface area contributed by atoms with Gasteiger partial charge in [-0.3, -0.25) is 0 Å². The van der Waals surface area contributed by atoms with Crippen LogP contribution in [0.1, 0.15) is 48.9 Å². The van der Waals surface area contributed by atoms with Crippen LogP contribution >= 0.6 is 0 Å². The van der Waals surface area contributed by atoms with Gasteiger partial charge < -0.3 is 9.84 Å². The molecular formula is C11H19N3O3. The van der Waals surface area contributed by atoms with E-state index in [0.717, 1.165) is 12.8 Å². The fraction of sp³-hybridized carbons (Fsp3) is 0.727. The second-order valence-electron chi connectivity index (χ2n) is 4.01. The fourth-order valence-corrected chi connectivity index (χ4v) is 1.71. The molecule has 0 amide bonds. The monoisotopic (exact) mass is 241 g/mol. The minimum Gasteiger partial charge on any atom is -0.476 e. The quantitative estimate of drug-likeness (QED) is 0.783. The van der Waals surface area contributed by atoms with Crippen LogP contribution in [0.15, 0.2) is 0 Å². The van der Waals surface area contributed by atoms with E-state index in [-0.39, 0.29) is 11.7 Å². The molecule has 6 heteroatoms. The first-order valence-electron chi connectivity index (χ1n) is 5.78. The van der Waals surface area contributed by atoms with Gasteiger partial charge in [0.25, 0.3) is 0 Å². The molecule has 1 heterocycles. The third-order valence-corrected chi connectivity index (χ3v) is 2.64. The van der Waals surface area contributed by atoms with Crippen LogP contribution in [0.25, 0.3) is 0 Å². The van der Waals surface area contributed by atoms with Crippen molar-refractivity contribution < 1.29 is 14.6 Å². The number of methoxy groups -OCH3 is 1. The molecule has 0 aliphatic carbocycles. The van der Waals surface area contributed by atoms with Gasteiger partial charge in [0.15, 0.2) is 5.69 Å². The van der Waals surface area contributed by atoms with Crippen LogP contribution in [0.3, 0.4) is 0 Å². The van der Waals surface area contributed by atoms with E-state index in [9.17, 15) is 4.79 Å². The Morgan fingerprint density at radius 1 is 1.59 bits per heavy atom. The summed E-state index contributed by atoms with van der Waals surface area (Å²) in [6, 6.07) is 0.0945. The fourth-order valence-electron chi connectivity index (χ4n) is 1.71. The van der Waals surface area contributed by atoms with Crippen molar-refractivity contribution in [1.29, 1.82) is 0 Å². The van der Waals surface area contributed by atoms with Crippen molar-refractivity contribution in [3.63, 3.8) is 0 Å². The number of carboxylic acid groups (broad SMARTS) is 1. The van der Waals surface area contributed by atoms with Gasteiger partial charge in [0.2, 0.25) is 0 Å². The summed E-state index contributed by atoms with van der Waals surface area (Å²) >= 11 is 0. The molecule has 0 spiro atoms. The lowest BCUT2D eigenvalue weighted by atomic mass is 10.1. The molecule has 17 heavy (non-hydrogen) atoms. The van der Waals surface area contributed by atoms with Gasteiger partial charge in [-0.1, -0.05) is 18.6 Å². The Morgan fingerprint density at radius 2 is 2.29 bits per heavy atom. The molecule has 96 valence electrons. The molecule has 0 aliphatic rings. The van der Waals surface area contributed by atoms with Crippen molar-refractivity contribution >= 4 is 5.97 Å². The molecule has 0 bridgehead atoms. The van der Waals surface area contributed by atoms with Crippen LogP contribution < -0.4 is 0 Å². The maximum atomic E-state index is 11.0. The zero-order valence-electron chi connectivity index (χ0n) is 10.5. The molecule has 1 aromatic heterocycles. The highest BCUT2D eigenvalue weighted by Crippen LogP contribution is 2.16. The maximum Gasteiger partial charge on any atom is 0.358 e. The van der Waals surface area contributed by atoms with Gasteiger partial charge >= 0.3 is 5.97 Å². The molecule has 0 saturated heterocycles. The van der Waals surface area contributed by atoms with Crippen LogP contribution in [0.5, 0.6) is 0 Å². The second kappa shape index (κ2) is 6.34. The van der Waals surface area contributed by atoms with Crippen LogP contribution in [-0.2, 0) is 11.2 Å². The summed E-state index contributed by atoms with van der Waals surface area (Å²) in [6.07, 6.45) is 2.33. The van der Waals surface area contributed by atoms with Gasteiger partial charge in [-0.2, -0.15) is 0 Å². The molecule has 0 saturated carbocycles. The van der Waals surface area contributed by atoms with Crippen molar-refractivity contribution in [2.24, 2.45) is 0 Å². The van der Waals surface area contributed by atoms with E-state index in [1.165, 1.54) is 0 Å². The van der Waals surface area contributed by atoms with Crippen molar-refractivity contribution in [3.8, 4) is 0 Å². The van der Waals surface area contributed by atoms with E-state index < -0.39 is 5.97 Å². The number of hydrogen-bond acceptors (Lipinski definition) is 4. The molecule has 0 fully saturated rings. The van der Waals surface area contributed by atoms with E-state index in [4.69, 9.17) is 9.84 Å². The van der Waals surface area contributed by atoms with E-state index in [1.807, 2.05) is 13.8 Å². The normalized spacial score (nSPS) is 12.6. The SMILES string of the molecule is CCCc1c(C(=O)O)nnn1C(C)CCOC. The topological polar surface area (TPSA) is 77.2 Å². The number of aromatic nitrogens is 3. The summed E-state index contributed by atoms with van der Waals surface area (Å²) in [5.74, 6) is -1.02. The Balaban J connectivity index is 2.94. The van der Waals surface area contributed by atoms with Crippen molar-refractivity contribution in [2.45, 2.75) is 39.2 Å². The second-order valence-corrected chi connectivity index (χ2v) is 4.01. The lowest BCUT2D eigenvalue weighted by Crippen LogP contribution is -2.14. The number of rotatable bonds is 7. The van der Waals surface area contributed by atoms with E-state index in [0.29, 0.717) is 18.7 Å². The van der Waals surface area contributed by atoms with Crippen molar-refractivity contribution in [3.05, 3.63) is 11.4 Å². The first-order valence-corrected chi connectivity index (χ1v) is 5.78. The summed E-state index contributed by atoms with van der Waals surface area (Å²) in [6.45, 7) is 4.61. The molecule has 1 atom stereocenters. The maximum absolute atomic E-state index is 11.0. The third-order valence-electron chi connectivity index (χ3n) is 2.64. The van der Waals surface area contributed by atoms with Crippen LogP contribution in [0.2, 0.25) is 0 Å². The van der Waals surface area contributed by atoms with Gasteiger partial charge in [-0.05, 0) is 19.8 Å². The Labute approximate surface area is 101 Å². The number of nitrogens with zero attached hydrogens (tertiary/aromatic N) is 3. The summed E-state index contributed by atoms with van der Waals surface area (Å²) in [4.78, 5) is 11.0. The predicted octanol–water partition coefficient (Wildman–Crippen LogP) is 1.53. The standard InChI is InChI=1S/C11H19N3O3/c1-4-5-9-10(11(15)16)12-13-14(9)8(2)6-7-17-3/h8H,4-7H2,1-3H3,(H,15,16). The molecule has 1 aromatic rings. The van der Waals surface area contributed by atoms with Crippen molar-refractivity contribution in [2.75, 3.05) is 13.7 Å². The first-order chi connectivity index (χ1) is 8.11. The van der Waals surface area contributed by atoms with Gasteiger partial charge in [0, 0.05) is 13.7 Å². The smallest absolute Gasteiger partial charge is 0.358 e. The third kappa shape index (κ3) is 3.26. The van der Waals surface area contributed by atoms with Gasteiger partial charge in [-0.25, -0.2) is 9.48 Å². The zero-order valence-corrected chi connectivity index (χ0v) is 10.5. The summed E-state index contributed by atoms with van der Waals surface area (Å²) in [5.41, 5.74) is 0.764. The Kier molecular flexibility index (Phi) is 5.09. The molecule has 1 rings (SSSR count). The van der Waals surface area contributed by atoms with E-state index >= 15 is 0 Å². The molecule has 0 aliphatic heterocycles. The summed E-state index contributed by atoms with van der Waals surface area (Å²) < 4.78 is 6.71. The number of hydrogen-bond donors (Lipinski definition) is 1. The average molecular weight is 241 g/mol. The number of aromatic carboxylic acids is 1. The lowest BCUT2D eigenvalue weighted by Gasteiger charge is -2.14. The zero-order chi connectivity index (χ0) is 12.8. The van der Waals surface area contributed by atoms with E-state index in [1.54, 1.807) is 11.8 Å². The predicted molar refractivity (Wildman–Crippen MR) is 62.2 cm³/mol. The van der Waals surface area contributed by atoms with Crippen LogP contribution in [0.4, 0.5) is 0 Å². The highest BCUT2D eigenvalue weighted by atomic mass is 16.5. The highest BCUT2D eigenvalue weighted by molar-refractivity contribution is 5.86. The average Bonchev–Trinajstić information content (AvgIpc) is 2.70. The first kappa shape index (κ1) is 13.6. The minimum absolute atomic E-state index is 0.0658. The number of carbonyl (C=O) groups is 1. The Bertz CT molecular complexity index is 376. The molecule has 1 N–H and O–H groups in total. The lowest BCUT2D eigenvalue weighted by molar-refractivity contribution is 0.0689. The molecular weight excluding hydrogens is 222 g/mol. The molecule has 6 nitrogen and oxygen atoms in total. The van der Waals surface area contributed by atoms with Gasteiger partial charge in [0.1, 0.15) is 0 Å². The largest absolute Gasteiger partial charge is 0.476 e. The molecule has 1 unspecified atom stereocenters. The van der Waals surface area contributed by atoms with E-state index in [2.05, 4.69) is 10.3 Å². The summed E-state index contributed by atoms with van der Waals surface area (Å²) in [7, 11) is 1.64. The van der Waals surface area contributed by atoms with Gasteiger partial charge in [0.05, 0.1) is 11.7 Å². The van der Waals surface area contributed by atoms with Crippen LogP contribution in [-0.4, -0.2) is 39.8 Å². The Morgan fingerprint density at radius 3 is 2.82 bits per heavy atom. The molecule has 0 radical (unpaired) electrons. The minimum atomic E-state index is -1.02. The summed E-state index contributed by atoms with van der Waals surface area (Å²) in [5, 5.41) is 16.7. The number of ether oxygens (including phenoxy) is 1. The molecule has 0 aromatic carbocycles. The van der Waals surface area contributed by atoms with Crippen LogP contribution in [0, 0.1) is 0 Å². The Hall–Kier alpha value is -1.43. The highest BCUT2D eigenvalue weighted by Gasteiger charge is 2.20.